The average molecular weight is 198 g/mol. The number of anilines is 1. The molecular weight excluding hydrogens is 183 g/mol. The molecule has 1 heterocycles. The summed E-state index contributed by atoms with van der Waals surface area (Å²) in [4.78, 5) is 5.36. The normalized spacial score (nSPS) is 12.6. The molecule has 0 aromatic carbocycles. The molecule has 0 saturated heterocycles. The lowest BCUT2D eigenvalue weighted by molar-refractivity contribution is 0.187. The highest BCUT2D eigenvalue weighted by atomic mass is 19.1. The van der Waals surface area contributed by atoms with Gasteiger partial charge < -0.3 is 10.0 Å². The first-order valence-electron chi connectivity index (χ1n) is 4.60. The van der Waals surface area contributed by atoms with Crippen LogP contribution in [0.4, 0.5) is 10.1 Å². The van der Waals surface area contributed by atoms with Crippen LogP contribution in [0.15, 0.2) is 18.3 Å². The van der Waals surface area contributed by atoms with Crippen LogP contribution in [0.2, 0.25) is 0 Å². The summed E-state index contributed by atoms with van der Waals surface area (Å²) in [6, 6.07) is 3.12. The summed E-state index contributed by atoms with van der Waals surface area (Å²) in [7, 11) is 1.86. The number of hydrogen-bond donors (Lipinski definition) is 1. The first kappa shape index (κ1) is 10.9. The Kier molecular flexibility index (Phi) is 3.83. The fourth-order valence-electron chi connectivity index (χ4n) is 1.14. The van der Waals surface area contributed by atoms with Gasteiger partial charge in [-0.05, 0) is 19.4 Å². The molecule has 1 rings (SSSR count). The standard InChI is InChI=1S/C10H15FN2O/c1-8(14)4-6-13(2)9-3-5-12-10(11)7-9/h3,5,7-8,14H,4,6H2,1-2H3. The van der Waals surface area contributed by atoms with Crippen molar-refractivity contribution in [2.75, 3.05) is 18.5 Å². The van der Waals surface area contributed by atoms with E-state index in [-0.39, 0.29) is 6.10 Å². The molecule has 0 aliphatic heterocycles. The van der Waals surface area contributed by atoms with Crippen molar-refractivity contribution < 1.29 is 9.50 Å². The second kappa shape index (κ2) is 4.91. The third kappa shape index (κ3) is 3.30. The first-order chi connectivity index (χ1) is 6.59. The van der Waals surface area contributed by atoms with Gasteiger partial charge in [-0.15, -0.1) is 0 Å². The van der Waals surface area contributed by atoms with E-state index in [1.165, 1.54) is 12.3 Å². The third-order valence-corrected chi connectivity index (χ3v) is 2.03. The fourth-order valence-corrected chi connectivity index (χ4v) is 1.14. The highest BCUT2D eigenvalue weighted by Gasteiger charge is 2.03. The van der Waals surface area contributed by atoms with E-state index in [4.69, 9.17) is 5.11 Å². The molecule has 0 spiro atoms. The number of aliphatic hydroxyl groups is 1. The Morgan fingerprint density at radius 3 is 2.93 bits per heavy atom. The molecule has 0 saturated carbocycles. The van der Waals surface area contributed by atoms with E-state index >= 15 is 0 Å². The lowest BCUT2D eigenvalue weighted by atomic mass is 10.2. The van der Waals surface area contributed by atoms with Crippen molar-refractivity contribution in [2.45, 2.75) is 19.4 Å². The van der Waals surface area contributed by atoms with E-state index in [0.29, 0.717) is 13.0 Å². The lowest BCUT2D eigenvalue weighted by Crippen LogP contribution is -2.21. The lowest BCUT2D eigenvalue weighted by Gasteiger charge is -2.19. The van der Waals surface area contributed by atoms with E-state index < -0.39 is 5.95 Å². The largest absolute Gasteiger partial charge is 0.393 e. The van der Waals surface area contributed by atoms with Gasteiger partial charge >= 0.3 is 0 Å². The van der Waals surface area contributed by atoms with Gasteiger partial charge in [-0.25, -0.2) is 4.98 Å². The van der Waals surface area contributed by atoms with Gasteiger partial charge in [0.05, 0.1) is 6.10 Å². The van der Waals surface area contributed by atoms with Crippen molar-refractivity contribution in [1.82, 2.24) is 4.98 Å². The van der Waals surface area contributed by atoms with E-state index in [1.807, 2.05) is 11.9 Å². The van der Waals surface area contributed by atoms with Gasteiger partial charge in [-0.3, -0.25) is 0 Å². The van der Waals surface area contributed by atoms with Crippen molar-refractivity contribution in [3.8, 4) is 0 Å². The van der Waals surface area contributed by atoms with Crippen LogP contribution >= 0.6 is 0 Å². The van der Waals surface area contributed by atoms with Crippen LogP contribution < -0.4 is 4.90 Å². The smallest absolute Gasteiger partial charge is 0.214 e. The quantitative estimate of drug-likeness (QED) is 0.743. The Balaban J connectivity index is 2.56. The molecule has 0 amide bonds. The molecule has 1 N–H and O–H groups in total. The molecule has 0 aliphatic carbocycles. The second-order valence-corrected chi connectivity index (χ2v) is 3.40. The maximum atomic E-state index is 12.7. The van der Waals surface area contributed by atoms with Gasteiger partial charge in [0.2, 0.25) is 5.95 Å². The van der Waals surface area contributed by atoms with Crippen molar-refractivity contribution in [1.29, 1.82) is 0 Å². The van der Waals surface area contributed by atoms with Gasteiger partial charge in [-0.2, -0.15) is 4.39 Å². The molecular formula is C10H15FN2O. The minimum Gasteiger partial charge on any atom is -0.393 e. The van der Waals surface area contributed by atoms with Crippen molar-refractivity contribution >= 4 is 5.69 Å². The molecule has 1 aromatic rings. The minimum atomic E-state index is -0.480. The Hall–Kier alpha value is -1.16. The first-order valence-corrected chi connectivity index (χ1v) is 4.60. The Bertz CT molecular complexity index is 291. The summed E-state index contributed by atoms with van der Waals surface area (Å²) < 4.78 is 12.7. The van der Waals surface area contributed by atoms with Gasteiger partial charge in [0, 0.05) is 31.5 Å². The maximum Gasteiger partial charge on any atom is 0.214 e. The summed E-state index contributed by atoms with van der Waals surface area (Å²) in [6.07, 6.45) is 1.77. The second-order valence-electron chi connectivity index (χ2n) is 3.40. The average Bonchev–Trinajstić information content (AvgIpc) is 2.14. The van der Waals surface area contributed by atoms with Gasteiger partial charge in [0.25, 0.3) is 0 Å². The molecule has 1 unspecified atom stereocenters. The zero-order valence-corrected chi connectivity index (χ0v) is 8.44. The fraction of sp³-hybridized carbons (Fsp3) is 0.500. The highest BCUT2D eigenvalue weighted by molar-refractivity contribution is 5.43. The Labute approximate surface area is 83.2 Å². The summed E-state index contributed by atoms with van der Waals surface area (Å²) in [5, 5.41) is 9.09. The monoisotopic (exact) mass is 198 g/mol. The number of halogens is 1. The van der Waals surface area contributed by atoms with Crippen molar-refractivity contribution in [3.63, 3.8) is 0 Å². The number of pyridine rings is 1. The summed E-state index contributed by atoms with van der Waals surface area (Å²) in [5.41, 5.74) is 0.776. The van der Waals surface area contributed by atoms with E-state index in [0.717, 1.165) is 5.69 Å². The number of aliphatic hydroxyl groups excluding tert-OH is 1. The molecule has 14 heavy (non-hydrogen) atoms. The number of aromatic nitrogens is 1. The number of hydrogen-bond acceptors (Lipinski definition) is 3. The van der Waals surface area contributed by atoms with E-state index in [2.05, 4.69) is 4.98 Å². The van der Waals surface area contributed by atoms with E-state index in [1.54, 1.807) is 13.0 Å². The van der Waals surface area contributed by atoms with Crippen LogP contribution in [0.5, 0.6) is 0 Å². The van der Waals surface area contributed by atoms with Crippen molar-refractivity contribution in [3.05, 3.63) is 24.3 Å². The third-order valence-electron chi connectivity index (χ3n) is 2.03. The van der Waals surface area contributed by atoms with Crippen LogP contribution in [-0.4, -0.2) is 29.8 Å². The van der Waals surface area contributed by atoms with Crippen LogP contribution in [-0.2, 0) is 0 Å². The molecule has 0 fully saturated rings. The minimum absolute atomic E-state index is 0.330. The molecule has 4 heteroatoms. The highest BCUT2D eigenvalue weighted by Crippen LogP contribution is 2.12. The summed E-state index contributed by atoms with van der Waals surface area (Å²) in [6.45, 7) is 2.43. The molecule has 0 radical (unpaired) electrons. The topological polar surface area (TPSA) is 36.4 Å². The maximum absolute atomic E-state index is 12.7. The van der Waals surface area contributed by atoms with E-state index in [9.17, 15) is 4.39 Å². The molecule has 1 atom stereocenters. The van der Waals surface area contributed by atoms with Gasteiger partial charge in [0.1, 0.15) is 0 Å². The molecule has 1 aromatic heterocycles. The zero-order chi connectivity index (χ0) is 10.6. The van der Waals surface area contributed by atoms with Crippen LogP contribution in [0.25, 0.3) is 0 Å². The SMILES string of the molecule is CC(O)CCN(C)c1ccnc(F)c1. The summed E-state index contributed by atoms with van der Waals surface area (Å²) >= 11 is 0. The predicted octanol–water partition coefficient (Wildman–Crippen LogP) is 1.43. The number of rotatable bonds is 4. The zero-order valence-electron chi connectivity index (χ0n) is 8.44. The Morgan fingerprint density at radius 1 is 1.64 bits per heavy atom. The van der Waals surface area contributed by atoms with Crippen LogP contribution in [0.1, 0.15) is 13.3 Å². The predicted molar refractivity (Wildman–Crippen MR) is 53.8 cm³/mol. The molecule has 0 bridgehead atoms. The molecule has 78 valence electrons. The number of nitrogens with zero attached hydrogens (tertiary/aromatic N) is 2. The molecule has 3 nitrogen and oxygen atoms in total. The van der Waals surface area contributed by atoms with Gasteiger partial charge in [-0.1, -0.05) is 0 Å². The van der Waals surface area contributed by atoms with Crippen LogP contribution in [0, 0.1) is 5.95 Å². The van der Waals surface area contributed by atoms with Crippen LogP contribution in [0.3, 0.4) is 0 Å². The Morgan fingerprint density at radius 2 is 2.36 bits per heavy atom. The summed E-state index contributed by atoms with van der Waals surface area (Å²) in [5.74, 6) is -0.480. The van der Waals surface area contributed by atoms with Crippen molar-refractivity contribution in [2.24, 2.45) is 0 Å². The molecule has 0 aliphatic rings. The van der Waals surface area contributed by atoms with Gasteiger partial charge in [0.15, 0.2) is 0 Å².